The first kappa shape index (κ1) is 11.3. The van der Waals surface area contributed by atoms with Crippen molar-refractivity contribution in [1.82, 2.24) is 0 Å². The number of carboxylic acid groups (broad SMARTS) is 1. The number of benzene rings is 1. The molecule has 0 atom stereocenters. The molecule has 0 aliphatic heterocycles. The second kappa shape index (κ2) is 4.34. The van der Waals surface area contributed by atoms with E-state index in [1.165, 1.54) is 25.3 Å². The van der Waals surface area contributed by atoms with Gasteiger partial charge in [-0.05, 0) is 37.5 Å². The van der Waals surface area contributed by atoms with Crippen LogP contribution in [0.25, 0.3) is 0 Å². The lowest BCUT2D eigenvalue weighted by atomic mass is 9.91. The first-order chi connectivity index (χ1) is 7.59. The molecular weight excluding hydrogens is 226 g/mol. The van der Waals surface area contributed by atoms with Gasteiger partial charge in [-0.2, -0.15) is 0 Å². The van der Waals surface area contributed by atoms with Crippen molar-refractivity contribution in [2.24, 2.45) is 0 Å². The molecule has 1 aliphatic rings. The highest BCUT2D eigenvalue weighted by atomic mass is 35.5. The van der Waals surface area contributed by atoms with Crippen LogP contribution in [0.5, 0.6) is 0 Å². The zero-order valence-electron chi connectivity index (χ0n) is 9.11. The molecule has 0 aromatic heterocycles. The van der Waals surface area contributed by atoms with E-state index in [0.717, 1.165) is 5.69 Å². The predicted molar refractivity (Wildman–Crippen MR) is 64.5 cm³/mol. The van der Waals surface area contributed by atoms with Crippen molar-refractivity contribution in [3.8, 4) is 0 Å². The quantitative estimate of drug-likeness (QED) is 0.882. The van der Waals surface area contributed by atoms with Gasteiger partial charge in [-0.15, -0.1) is 0 Å². The summed E-state index contributed by atoms with van der Waals surface area (Å²) < 4.78 is 0. The van der Waals surface area contributed by atoms with Crippen molar-refractivity contribution in [3.05, 3.63) is 28.8 Å². The molecule has 86 valence electrons. The highest BCUT2D eigenvalue weighted by molar-refractivity contribution is 6.33. The van der Waals surface area contributed by atoms with Crippen LogP contribution in [0.2, 0.25) is 5.02 Å². The molecule has 1 N–H and O–H groups in total. The Morgan fingerprint density at radius 3 is 2.62 bits per heavy atom. The maximum absolute atomic E-state index is 10.8. The summed E-state index contributed by atoms with van der Waals surface area (Å²) in [6.07, 6.45) is 3.64. The maximum atomic E-state index is 10.8. The number of carbonyl (C=O) groups is 1. The Hall–Kier alpha value is -1.22. The molecule has 1 fully saturated rings. The van der Waals surface area contributed by atoms with Crippen LogP contribution < -0.4 is 4.90 Å². The molecule has 0 bridgehead atoms. The zero-order valence-corrected chi connectivity index (χ0v) is 9.87. The molecule has 1 aromatic carbocycles. The first-order valence-corrected chi connectivity index (χ1v) is 5.73. The van der Waals surface area contributed by atoms with E-state index in [1.54, 1.807) is 12.1 Å². The smallest absolute Gasteiger partial charge is 0.335 e. The van der Waals surface area contributed by atoms with Gasteiger partial charge in [-0.1, -0.05) is 11.6 Å². The van der Waals surface area contributed by atoms with Crippen LogP contribution in [-0.2, 0) is 0 Å². The van der Waals surface area contributed by atoms with E-state index in [0.29, 0.717) is 11.1 Å². The number of nitrogens with zero attached hydrogens (tertiary/aromatic N) is 1. The lowest BCUT2D eigenvalue weighted by Crippen LogP contribution is -2.37. The second-order valence-electron chi connectivity index (χ2n) is 4.17. The Bertz CT molecular complexity index is 415. The third-order valence-corrected chi connectivity index (χ3v) is 3.50. The molecule has 0 heterocycles. The van der Waals surface area contributed by atoms with Crippen molar-refractivity contribution < 1.29 is 9.90 Å². The summed E-state index contributed by atoms with van der Waals surface area (Å²) in [5.41, 5.74) is 1.15. The summed E-state index contributed by atoms with van der Waals surface area (Å²) in [4.78, 5) is 12.9. The van der Waals surface area contributed by atoms with Gasteiger partial charge >= 0.3 is 5.97 Å². The molecule has 0 saturated heterocycles. The van der Waals surface area contributed by atoms with Crippen molar-refractivity contribution in [3.63, 3.8) is 0 Å². The van der Waals surface area contributed by atoms with E-state index in [1.807, 2.05) is 7.05 Å². The minimum absolute atomic E-state index is 0.232. The summed E-state index contributed by atoms with van der Waals surface area (Å²) in [7, 11) is 2.01. The van der Waals surface area contributed by atoms with Crippen LogP contribution in [0.3, 0.4) is 0 Å². The van der Waals surface area contributed by atoms with E-state index in [2.05, 4.69) is 4.90 Å². The molecule has 1 aromatic rings. The summed E-state index contributed by atoms with van der Waals surface area (Å²) in [5, 5.41) is 9.34. The first-order valence-electron chi connectivity index (χ1n) is 5.35. The van der Waals surface area contributed by atoms with Gasteiger partial charge in [0.15, 0.2) is 0 Å². The van der Waals surface area contributed by atoms with Crippen molar-refractivity contribution in [1.29, 1.82) is 0 Å². The summed E-state index contributed by atoms with van der Waals surface area (Å²) >= 11 is 6.09. The number of anilines is 1. The zero-order chi connectivity index (χ0) is 11.7. The van der Waals surface area contributed by atoms with E-state index < -0.39 is 5.97 Å². The Kier molecular flexibility index (Phi) is 3.06. The van der Waals surface area contributed by atoms with E-state index in [9.17, 15) is 4.79 Å². The monoisotopic (exact) mass is 239 g/mol. The van der Waals surface area contributed by atoms with Gasteiger partial charge in [0, 0.05) is 13.1 Å². The Labute approximate surface area is 99.6 Å². The minimum atomic E-state index is -0.945. The molecule has 1 saturated carbocycles. The van der Waals surface area contributed by atoms with Crippen molar-refractivity contribution in [2.45, 2.75) is 25.3 Å². The highest BCUT2D eigenvalue weighted by Gasteiger charge is 2.23. The summed E-state index contributed by atoms with van der Waals surface area (Å²) in [6, 6.07) is 5.44. The Balaban J connectivity index is 2.24. The fourth-order valence-electron chi connectivity index (χ4n) is 1.90. The molecule has 4 heteroatoms. The summed E-state index contributed by atoms with van der Waals surface area (Å²) in [6.45, 7) is 0. The normalized spacial score (nSPS) is 15.6. The number of hydrogen-bond acceptors (Lipinski definition) is 2. The van der Waals surface area contributed by atoms with Gasteiger partial charge in [0.25, 0.3) is 0 Å². The molecule has 0 amide bonds. The number of rotatable bonds is 3. The topological polar surface area (TPSA) is 40.5 Å². The Morgan fingerprint density at radius 2 is 2.19 bits per heavy atom. The predicted octanol–water partition coefficient (Wildman–Crippen LogP) is 3.03. The molecule has 0 spiro atoms. The molecule has 0 radical (unpaired) electrons. The van der Waals surface area contributed by atoms with Gasteiger partial charge in [-0.25, -0.2) is 4.79 Å². The standard InChI is InChI=1S/C12H14ClNO2/c1-14(9-3-2-4-9)11-6-5-8(12(15)16)7-10(11)13/h5-7,9H,2-4H2,1H3,(H,15,16). The number of hydrogen-bond donors (Lipinski definition) is 1. The van der Waals surface area contributed by atoms with Gasteiger partial charge in [0.05, 0.1) is 16.3 Å². The fraction of sp³-hybridized carbons (Fsp3) is 0.417. The lowest BCUT2D eigenvalue weighted by molar-refractivity contribution is 0.0697. The van der Waals surface area contributed by atoms with Crippen LogP contribution in [0.4, 0.5) is 5.69 Å². The van der Waals surface area contributed by atoms with E-state index >= 15 is 0 Å². The van der Waals surface area contributed by atoms with E-state index in [4.69, 9.17) is 16.7 Å². The number of carboxylic acids is 1. The average molecular weight is 240 g/mol. The number of halogens is 1. The molecule has 16 heavy (non-hydrogen) atoms. The third kappa shape index (κ3) is 2.00. The second-order valence-corrected chi connectivity index (χ2v) is 4.57. The van der Waals surface area contributed by atoms with Gasteiger partial charge in [0.2, 0.25) is 0 Å². The Morgan fingerprint density at radius 1 is 1.50 bits per heavy atom. The fourth-order valence-corrected chi connectivity index (χ4v) is 2.21. The molecule has 0 unspecified atom stereocenters. The molecular formula is C12H14ClNO2. The number of aromatic carboxylic acids is 1. The highest BCUT2D eigenvalue weighted by Crippen LogP contribution is 2.33. The SMILES string of the molecule is CN(c1ccc(C(=O)O)cc1Cl)C1CCC1. The van der Waals surface area contributed by atoms with Crippen LogP contribution in [0, 0.1) is 0 Å². The average Bonchev–Trinajstić information content (AvgIpc) is 2.14. The van der Waals surface area contributed by atoms with Crippen LogP contribution >= 0.6 is 11.6 Å². The minimum Gasteiger partial charge on any atom is -0.478 e. The van der Waals surface area contributed by atoms with Crippen LogP contribution in [0.15, 0.2) is 18.2 Å². The molecule has 2 rings (SSSR count). The van der Waals surface area contributed by atoms with Crippen LogP contribution in [0.1, 0.15) is 29.6 Å². The maximum Gasteiger partial charge on any atom is 0.335 e. The van der Waals surface area contributed by atoms with Crippen LogP contribution in [-0.4, -0.2) is 24.2 Å². The third-order valence-electron chi connectivity index (χ3n) is 3.20. The lowest BCUT2D eigenvalue weighted by Gasteiger charge is -2.36. The molecule has 3 nitrogen and oxygen atoms in total. The van der Waals surface area contributed by atoms with Gasteiger partial charge in [-0.3, -0.25) is 0 Å². The van der Waals surface area contributed by atoms with Gasteiger partial charge < -0.3 is 10.0 Å². The van der Waals surface area contributed by atoms with Crippen molar-refractivity contribution >= 4 is 23.3 Å². The van der Waals surface area contributed by atoms with E-state index in [-0.39, 0.29) is 5.56 Å². The van der Waals surface area contributed by atoms with Crippen molar-refractivity contribution in [2.75, 3.05) is 11.9 Å². The largest absolute Gasteiger partial charge is 0.478 e. The summed E-state index contributed by atoms with van der Waals surface area (Å²) in [5.74, 6) is -0.945. The van der Waals surface area contributed by atoms with Gasteiger partial charge in [0.1, 0.15) is 0 Å². The molecule has 1 aliphatic carbocycles.